The van der Waals surface area contributed by atoms with Crippen LogP contribution in [-0.2, 0) is 14.3 Å². The Bertz CT molecular complexity index is 331. The van der Waals surface area contributed by atoms with Crippen molar-refractivity contribution < 1.29 is 23.5 Å². The number of alkyl carbamates (subject to hydrolysis) is 1. The molecule has 0 radical (unpaired) electrons. The van der Waals surface area contributed by atoms with E-state index in [1.807, 2.05) is 0 Å². The van der Waals surface area contributed by atoms with Gasteiger partial charge in [-0.2, -0.15) is 0 Å². The summed E-state index contributed by atoms with van der Waals surface area (Å²) in [5.41, 5.74) is -2.14. The molecule has 0 atom stereocenters. The lowest BCUT2D eigenvalue weighted by molar-refractivity contribution is -0.155. The Morgan fingerprint density at radius 3 is 2.39 bits per heavy atom. The zero-order chi connectivity index (χ0) is 14.0. The number of carbonyl (C=O) groups is 2. The summed E-state index contributed by atoms with van der Waals surface area (Å²) in [6.07, 6.45) is -0.494. The number of nitrogens with one attached hydrogen (secondary N) is 1. The summed E-state index contributed by atoms with van der Waals surface area (Å²) in [6.45, 7) is 5.05. The highest BCUT2D eigenvalue weighted by Gasteiger charge is 2.48. The van der Waals surface area contributed by atoms with Crippen molar-refractivity contribution in [2.75, 3.05) is 13.7 Å². The number of ether oxygens (including phenoxy) is 2. The fraction of sp³-hybridized carbons (Fsp3) is 0.833. The summed E-state index contributed by atoms with van der Waals surface area (Å²) in [4.78, 5) is 22.4. The van der Waals surface area contributed by atoms with E-state index in [2.05, 4.69) is 10.1 Å². The lowest BCUT2D eigenvalue weighted by Gasteiger charge is -2.39. The van der Waals surface area contributed by atoms with Gasteiger partial charge in [0.2, 0.25) is 0 Å². The molecule has 0 saturated heterocycles. The van der Waals surface area contributed by atoms with Crippen LogP contribution in [0.15, 0.2) is 0 Å². The standard InChI is InChI=1S/C12H20FNO4/c1-11(2,3)18-10(16)14-7-12(13)5-8(6-12)9(15)17-4/h8H,5-7H2,1-4H3,(H,14,16). The number of rotatable bonds is 3. The van der Waals surface area contributed by atoms with Crippen molar-refractivity contribution in [1.82, 2.24) is 5.32 Å². The zero-order valence-corrected chi connectivity index (χ0v) is 11.2. The third-order valence-electron chi connectivity index (χ3n) is 2.71. The Morgan fingerprint density at radius 1 is 1.39 bits per heavy atom. The summed E-state index contributed by atoms with van der Waals surface area (Å²) in [5.74, 6) is -0.805. The molecule has 0 bridgehead atoms. The molecule has 1 aliphatic rings. The van der Waals surface area contributed by atoms with Crippen LogP contribution in [0.1, 0.15) is 33.6 Å². The molecule has 1 rings (SSSR count). The number of hydrogen-bond donors (Lipinski definition) is 1. The van der Waals surface area contributed by atoms with Crippen molar-refractivity contribution in [2.24, 2.45) is 5.92 Å². The van der Waals surface area contributed by atoms with Crippen LogP contribution < -0.4 is 5.32 Å². The Balaban J connectivity index is 2.29. The first-order valence-electron chi connectivity index (χ1n) is 5.89. The lowest BCUT2D eigenvalue weighted by atomic mass is 9.72. The Kier molecular flexibility index (Phi) is 4.19. The molecule has 1 fully saturated rings. The SMILES string of the molecule is COC(=O)C1CC(F)(CNC(=O)OC(C)(C)C)C1. The van der Waals surface area contributed by atoms with Gasteiger partial charge in [0.1, 0.15) is 11.3 Å². The van der Waals surface area contributed by atoms with E-state index in [0.717, 1.165) is 0 Å². The van der Waals surface area contributed by atoms with Crippen LogP contribution in [-0.4, -0.2) is 37.0 Å². The molecule has 1 aliphatic carbocycles. The zero-order valence-electron chi connectivity index (χ0n) is 11.2. The maximum absolute atomic E-state index is 14.0. The number of halogens is 1. The molecule has 0 aromatic rings. The van der Waals surface area contributed by atoms with Crippen molar-refractivity contribution in [3.63, 3.8) is 0 Å². The van der Waals surface area contributed by atoms with Crippen LogP contribution in [0.4, 0.5) is 9.18 Å². The van der Waals surface area contributed by atoms with Crippen LogP contribution in [0.25, 0.3) is 0 Å². The maximum Gasteiger partial charge on any atom is 0.407 e. The fourth-order valence-electron chi connectivity index (χ4n) is 1.85. The monoisotopic (exact) mass is 261 g/mol. The van der Waals surface area contributed by atoms with Crippen LogP contribution >= 0.6 is 0 Å². The molecule has 18 heavy (non-hydrogen) atoms. The van der Waals surface area contributed by atoms with E-state index in [4.69, 9.17) is 4.74 Å². The number of alkyl halides is 1. The number of hydrogen-bond acceptors (Lipinski definition) is 4. The lowest BCUT2D eigenvalue weighted by Crippen LogP contribution is -2.51. The highest BCUT2D eigenvalue weighted by atomic mass is 19.1. The van der Waals surface area contributed by atoms with Crippen molar-refractivity contribution in [2.45, 2.75) is 44.9 Å². The molecular formula is C12H20FNO4. The molecule has 0 aliphatic heterocycles. The summed E-state index contributed by atoms with van der Waals surface area (Å²) >= 11 is 0. The van der Waals surface area contributed by atoms with E-state index in [1.165, 1.54) is 7.11 Å². The van der Waals surface area contributed by atoms with E-state index in [9.17, 15) is 14.0 Å². The van der Waals surface area contributed by atoms with Crippen molar-refractivity contribution in [3.05, 3.63) is 0 Å². The third kappa shape index (κ3) is 4.16. The van der Waals surface area contributed by atoms with Gasteiger partial charge in [0, 0.05) is 0 Å². The Hall–Kier alpha value is -1.33. The van der Waals surface area contributed by atoms with Gasteiger partial charge in [0.15, 0.2) is 0 Å². The van der Waals surface area contributed by atoms with Crippen LogP contribution in [0.2, 0.25) is 0 Å². The van der Waals surface area contributed by atoms with Gasteiger partial charge in [-0.15, -0.1) is 0 Å². The molecule has 0 aromatic heterocycles. The summed E-state index contributed by atoms with van der Waals surface area (Å²) < 4.78 is 23.5. The second-order valence-electron chi connectivity index (χ2n) is 5.63. The largest absolute Gasteiger partial charge is 0.469 e. The second kappa shape index (κ2) is 5.12. The minimum atomic E-state index is -1.53. The van der Waals surface area contributed by atoms with E-state index in [-0.39, 0.29) is 19.4 Å². The van der Waals surface area contributed by atoms with Crippen molar-refractivity contribution in [1.29, 1.82) is 0 Å². The quantitative estimate of drug-likeness (QED) is 0.787. The van der Waals surface area contributed by atoms with Gasteiger partial charge in [-0.05, 0) is 33.6 Å². The molecule has 5 nitrogen and oxygen atoms in total. The molecule has 104 valence electrons. The Morgan fingerprint density at radius 2 is 1.94 bits per heavy atom. The summed E-state index contributed by atoms with van der Waals surface area (Å²) in [7, 11) is 1.28. The van der Waals surface area contributed by atoms with Gasteiger partial charge < -0.3 is 14.8 Å². The predicted octanol–water partition coefficient (Wildman–Crippen LogP) is 1.80. The van der Waals surface area contributed by atoms with Crippen molar-refractivity contribution >= 4 is 12.1 Å². The normalized spacial score (nSPS) is 27.1. The molecule has 1 saturated carbocycles. The van der Waals surface area contributed by atoms with Gasteiger partial charge in [-0.3, -0.25) is 4.79 Å². The molecule has 0 aromatic carbocycles. The van der Waals surface area contributed by atoms with Gasteiger partial charge in [0.05, 0.1) is 19.6 Å². The topological polar surface area (TPSA) is 64.6 Å². The number of methoxy groups -OCH3 is 1. The van der Waals surface area contributed by atoms with Gasteiger partial charge in [-0.1, -0.05) is 0 Å². The molecule has 0 unspecified atom stereocenters. The first kappa shape index (κ1) is 14.7. The van der Waals surface area contributed by atoms with Crippen LogP contribution in [0.5, 0.6) is 0 Å². The van der Waals surface area contributed by atoms with E-state index >= 15 is 0 Å². The first-order chi connectivity index (χ1) is 8.15. The molecule has 0 heterocycles. The molecule has 1 N–H and O–H groups in total. The average molecular weight is 261 g/mol. The minimum absolute atomic E-state index is 0.0788. The maximum atomic E-state index is 14.0. The summed E-state index contributed by atoms with van der Waals surface area (Å²) in [5, 5.41) is 2.37. The van der Waals surface area contributed by atoms with E-state index in [1.54, 1.807) is 20.8 Å². The molecule has 6 heteroatoms. The Labute approximate surface area is 106 Å². The molecule has 1 amide bonds. The van der Waals surface area contributed by atoms with Gasteiger partial charge in [0.25, 0.3) is 0 Å². The smallest absolute Gasteiger partial charge is 0.407 e. The van der Waals surface area contributed by atoms with E-state index in [0.29, 0.717) is 0 Å². The van der Waals surface area contributed by atoms with E-state index < -0.39 is 29.3 Å². The highest BCUT2D eigenvalue weighted by Crippen LogP contribution is 2.41. The minimum Gasteiger partial charge on any atom is -0.469 e. The number of amides is 1. The predicted molar refractivity (Wildman–Crippen MR) is 62.8 cm³/mol. The summed E-state index contributed by atoms with van der Waals surface area (Å²) in [6, 6.07) is 0. The third-order valence-corrected chi connectivity index (χ3v) is 2.71. The first-order valence-corrected chi connectivity index (χ1v) is 5.89. The fourth-order valence-corrected chi connectivity index (χ4v) is 1.85. The van der Waals surface area contributed by atoms with Gasteiger partial charge >= 0.3 is 12.1 Å². The second-order valence-corrected chi connectivity index (χ2v) is 5.63. The van der Waals surface area contributed by atoms with Crippen LogP contribution in [0.3, 0.4) is 0 Å². The number of esters is 1. The highest BCUT2D eigenvalue weighted by molar-refractivity contribution is 5.74. The average Bonchev–Trinajstić information content (AvgIpc) is 2.19. The van der Waals surface area contributed by atoms with Gasteiger partial charge in [-0.25, -0.2) is 9.18 Å². The van der Waals surface area contributed by atoms with Crippen LogP contribution in [0, 0.1) is 5.92 Å². The van der Waals surface area contributed by atoms with Crippen molar-refractivity contribution in [3.8, 4) is 0 Å². The molecule has 0 spiro atoms. The number of carbonyl (C=O) groups excluding carboxylic acids is 2. The molecular weight excluding hydrogens is 241 g/mol.